The Morgan fingerprint density at radius 2 is 2.00 bits per heavy atom. The largest absolute Gasteiger partial charge is 0.477 e. The van der Waals surface area contributed by atoms with E-state index in [2.05, 4.69) is 15.1 Å². The minimum absolute atomic E-state index is 0.0494. The van der Waals surface area contributed by atoms with Crippen LogP contribution in [0.5, 0.6) is 0 Å². The lowest BCUT2D eigenvalue weighted by molar-refractivity contribution is 0.0687. The van der Waals surface area contributed by atoms with Gasteiger partial charge in [0, 0.05) is 10.6 Å². The average Bonchev–Trinajstić information content (AvgIpc) is 2.80. The Labute approximate surface area is 129 Å². The maximum absolute atomic E-state index is 11.4. The first-order valence-corrected chi connectivity index (χ1v) is 6.64. The van der Waals surface area contributed by atoms with Crippen LogP contribution in [0.4, 0.5) is 0 Å². The van der Waals surface area contributed by atoms with E-state index in [-0.39, 0.29) is 11.5 Å². The maximum atomic E-state index is 11.4. The lowest BCUT2D eigenvalue weighted by atomic mass is 10.1. The summed E-state index contributed by atoms with van der Waals surface area (Å²) >= 11 is 12.1. The Kier molecular flexibility index (Phi) is 3.27. The smallest absolute Gasteiger partial charge is 0.354 e. The van der Waals surface area contributed by atoms with Gasteiger partial charge in [-0.3, -0.25) is 0 Å². The third-order valence-corrected chi connectivity index (χ3v) is 3.41. The van der Waals surface area contributed by atoms with E-state index in [1.54, 1.807) is 25.1 Å². The molecule has 6 nitrogen and oxygen atoms in total. The second-order valence-electron chi connectivity index (χ2n) is 4.33. The predicted octanol–water partition coefficient (Wildman–Crippen LogP) is 3.10. The van der Waals surface area contributed by atoms with Gasteiger partial charge in [-0.15, -0.1) is 5.10 Å². The van der Waals surface area contributed by atoms with Crippen molar-refractivity contribution >= 4 is 34.9 Å². The molecule has 0 aliphatic heterocycles. The fourth-order valence-electron chi connectivity index (χ4n) is 1.95. The third-order valence-electron chi connectivity index (χ3n) is 2.84. The number of carboxylic acids is 1. The summed E-state index contributed by atoms with van der Waals surface area (Å²) in [6.45, 7) is 1.66. The number of halogens is 2. The highest BCUT2D eigenvalue weighted by Gasteiger charge is 2.17. The van der Waals surface area contributed by atoms with Crippen LogP contribution >= 0.6 is 23.2 Å². The van der Waals surface area contributed by atoms with Gasteiger partial charge in [0.25, 0.3) is 5.78 Å². The van der Waals surface area contributed by atoms with Gasteiger partial charge in [0.1, 0.15) is 5.82 Å². The summed E-state index contributed by atoms with van der Waals surface area (Å²) in [5, 5.41) is 14.2. The van der Waals surface area contributed by atoms with Crippen molar-refractivity contribution in [3.05, 3.63) is 45.8 Å². The van der Waals surface area contributed by atoms with E-state index in [1.165, 1.54) is 10.6 Å². The van der Waals surface area contributed by atoms with Crippen LogP contribution in [0.1, 0.15) is 16.3 Å². The average molecular weight is 323 g/mol. The van der Waals surface area contributed by atoms with Gasteiger partial charge in [-0.25, -0.2) is 9.78 Å². The number of aromatic carboxylic acids is 1. The van der Waals surface area contributed by atoms with Crippen molar-refractivity contribution < 1.29 is 9.90 Å². The van der Waals surface area contributed by atoms with Crippen molar-refractivity contribution in [3.8, 4) is 11.3 Å². The topological polar surface area (TPSA) is 80.4 Å². The molecule has 1 N–H and O–H groups in total. The molecule has 0 aliphatic rings. The van der Waals surface area contributed by atoms with Gasteiger partial charge in [-0.05, 0) is 31.2 Å². The van der Waals surface area contributed by atoms with Crippen molar-refractivity contribution in [2.75, 3.05) is 0 Å². The second kappa shape index (κ2) is 4.98. The van der Waals surface area contributed by atoms with Crippen molar-refractivity contribution in [2.45, 2.75) is 6.92 Å². The minimum atomic E-state index is -1.13. The fourth-order valence-corrected chi connectivity index (χ4v) is 2.34. The van der Waals surface area contributed by atoms with Crippen molar-refractivity contribution in [1.82, 2.24) is 19.6 Å². The molecule has 0 radical (unpaired) electrons. The van der Waals surface area contributed by atoms with Gasteiger partial charge in [-0.1, -0.05) is 23.2 Å². The lowest BCUT2D eigenvalue weighted by Crippen LogP contribution is -2.08. The first-order chi connectivity index (χ1) is 9.95. The number of benzene rings is 1. The molecule has 1 aromatic carbocycles. The molecule has 0 atom stereocenters. The fraction of sp³-hybridized carbons (Fsp3) is 0.0769. The highest BCUT2D eigenvalue weighted by molar-refractivity contribution is 6.35. The van der Waals surface area contributed by atoms with Crippen LogP contribution in [0.15, 0.2) is 24.3 Å². The summed E-state index contributed by atoms with van der Waals surface area (Å²) in [6, 6.07) is 6.28. The summed E-state index contributed by atoms with van der Waals surface area (Å²) in [6.07, 6.45) is 0. The Balaban J connectivity index is 2.33. The molecule has 0 unspecified atom stereocenters. The second-order valence-corrected chi connectivity index (χ2v) is 5.17. The molecular formula is C13H8Cl2N4O2. The van der Waals surface area contributed by atoms with Gasteiger partial charge in [-0.2, -0.15) is 9.50 Å². The molecule has 3 aromatic rings. The van der Waals surface area contributed by atoms with Crippen LogP contribution in [0.2, 0.25) is 10.0 Å². The van der Waals surface area contributed by atoms with Crippen LogP contribution < -0.4 is 0 Å². The van der Waals surface area contributed by atoms with E-state index in [0.717, 1.165) is 0 Å². The highest BCUT2D eigenvalue weighted by atomic mass is 35.5. The van der Waals surface area contributed by atoms with Gasteiger partial charge < -0.3 is 5.11 Å². The molecule has 0 saturated heterocycles. The lowest BCUT2D eigenvalue weighted by Gasteiger charge is -2.06. The van der Waals surface area contributed by atoms with Crippen LogP contribution in [0, 0.1) is 6.92 Å². The number of hydrogen-bond donors (Lipinski definition) is 1. The summed E-state index contributed by atoms with van der Waals surface area (Å²) < 4.78 is 1.18. The molecule has 2 aromatic heterocycles. The van der Waals surface area contributed by atoms with Gasteiger partial charge >= 0.3 is 5.97 Å². The number of rotatable bonds is 2. The molecule has 8 heteroatoms. The van der Waals surface area contributed by atoms with E-state index < -0.39 is 5.97 Å². The number of aryl methyl sites for hydroxylation is 1. The van der Waals surface area contributed by atoms with Gasteiger partial charge in [0.15, 0.2) is 5.69 Å². The Hall–Kier alpha value is -2.18. The van der Waals surface area contributed by atoms with E-state index in [1.807, 2.05) is 0 Å². The minimum Gasteiger partial charge on any atom is -0.477 e. The summed E-state index contributed by atoms with van der Waals surface area (Å²) in [4.78, 5) is 19.8. The van der Waals surface area contributed by atoms with Crippen LogP contribution in [0.3, 0.4) is 0 Å². The van der Waals surface area contributed by atoms with Crippen LogP contribution in [-0.4, -0.2) is 30.7 Å². The predicted molar refractivity (Wildman–Crippen MR) is 77.9 cm³/mol. The number of aromatic nitrogens is 4. The zero-order chi connectivity index (χ0) is 15.1. The first-order valence-electron chi connectivity index (χ1n) is 5.89. The zero-order valence-corrected chi connectivity index (χ0v) is 12.2. The van der Waals surface area contributed by atoms with E-state index in [4.69, 9.17) is 23.2 Å². The van der Waals surface area contributed by atoms with E-state index in [0.29, 0.717) is 27.1 Å². The quantitative estimate of drug-likeness (QED) is 0.784. The van der Waals surface area contributed by atoms with Gasteiger partial charge in [0.05, 0.1) is 10.7 Å². The summed E-state index contributed by atoms with van der Waals surface area (Å²) in [5.41, 5.74) is 0.862. The molecular weight excluding hydrogens is 315 g/mol. The highest BCUT2D eigenvalue weighted by Crippen LogP contribution is 2.30. The maximum Gasteiger partial charge on any atom is 0.354 e. The summed E-state index contributed by atoms with van der Waals surface area (Å²) in [7, 11) is 0. The molecule has 3 rings (SSSR count). The standard InChI is InChI=1S/C13H8Cl2N4O2/c1-6-16-13-17-10(5-11(12(20)21)19(13)18-6)8-4-7(14)2-3-9(8)15/h2-5H,1H3,(H,20,21). The Bertz CT molecular complexity index is 876. The molecule has 0 saturated carbocycles. The number of carboxylic acid groups (broad SMARTS) is 1. The number of fused-ring (bicyclic) bond motifs is 1. The van der Waals surface area contributed by atoms with Gasteiger partial charge in [0.2, 0.25) is 0 Å². The summed E-state index contributed by atoms with van der Waals surface area (Å²) in [5.74, 6) is -0.510. The Morgan fingerprint density at radius 3 is 2.71 bits per heavy atom. The molecule has 0 spiro atoms. The number of nitrogens with zero attached hydrogens (tertiary/aromatic N) is 4. The molecule has 0 aliphatic carbocycles. The van der Waals surface area contributed by atoms with Crippen molar-refractivity contribution in [1.29, 1.82) is 0 Å². The first kappa shape index (κ1) is 13.8. The number of hydrogen-bond acceptors (Lipinski definition) is 4. The van der Waals surface area contributed by atoms with Crippen molar-refractivity contribution in [2.24, 2.45) is 0 Å². The SMILES string of the molecule is Cc1nc2nc(-c3cc(Cl)ccc3Cl)cc(C(=O)O)n2n1. The molecule has 2 heterocycles. The van der Waals surface area contributed by atoms with Crippen molar-refractivity contribution in [3.63, 3.8) is 0 Å². The monoisotopic (exact) mass is 322 g/mol. The molecule has 0 bridgehead atoms. The molecule has 21 heavy (non-hydrogen) atoms. The van der Waals surface area contributed by atoms with E-state index in [9.17, 15) is 9.90 Å². The molecule has 106 valence electrons. The van der Waals surface area contributed by atoms with Crippen LogP contribution in [-0.2, 0) is 0 Å². The zero-order valence-electron chi connectivity index (χ0n) is 10.7. The Morgan fingerprint density at radius 1 is 1.24 bits per heavy atom. The number of carbonyl (C=O) groups is 1. The molecule has 0 fully saturated rings. The molecule has 0 amide bonds. The normalized spacial score (nSPS) is 11.0. The van der Waals surface area contributed by atoms with E-state index >= 15 is 0 Å². The van der Waals surface area contributed by atoms with Crippen LogP contribution in [0.25, 0.3) is 17.0 Å². The third kappa shape index (κ3) is 2.43.